The van der Waals surface area contributed by atoms with E-state index in [4.69, 9.17) is 0 Å². The van der Waals surface area contributed by atoms with E-state index in [2.05, 4.69) is 32.4 Å². The van der Waals surface area contributed by atoms with Crippen molar-refractivity contribution in [1.82, 2.24) is 19.8 Å². The Labute approximate surface area is 178 Å². The summed E-state index contributed by atoms with van der Waals surface area (Å²) in [6.45, 7) is 8.40. The van der Waals surface area contributed by atoms with Crippen LogP contribution >= 0.6 is 22.7 Å². The van der Waals surface area contributed by atoms with E-state index in [1.54, 1.807) is 22.7 Å². The van der Waals surface area contributed by atoms with Crippen LogP contribution in [0.2, 0.25) is 0 Å². The van der Waals surface area contributed by atoms with Crippen molar-refractivity contribution in [2.75, 3.05) is 32.7 Å². The minimum Gasteiger partial charge on any atom is -0.340 e. The number of thiophene rings is 2. The highest BCUT2D eigenvalue weighted by Gasteiger charge is 2.21. The number of nitrogens with zero attached hydrogens (tertiary/aromatic N) is 3. The van der Waals surface area contributed by atoms with Gasteiger partial charge in [-0.1, -0.05) is 6.07 Å². The Bertz CT molecular complexity index is 1050. The molecular weight excluding hydrogens is 404 g/mol. The molecule has 6 nitrogen and oxygen atoms in total. The van der Waals surface area contributed by atoms with E-state index in [0.29, 0.717) is 24.1 Å². The van der Waals surface area contributed by atoms with Crippen molar-refractivity contribution in [3.8, 4) is 0 Å². The number of rotatable bonds is 6. The Kier molecular flexibility index (Phi) is 6.12. The topological polar surface area (TPSA) is 69.3 Å². The van der Waals surface area contributed by atoms with Gasteiger partial charge in [0.25, 0.3) is 5.56 Å². The van der Waals surface area contributed by atoms with E-state index in [0.717, 1.165) is 54.4 Å². The molecule has 0 saturated carbocycles. The Morgan fingerprint density at radius 1 is 1.21 bits per heavy atom. The number of carbonyl (C=O) groups excluding carboxylic acids is 1. The lowest BCUT2D eigenvalue weighted by Crippen LogP contribution is -2.49. The molecule has 29 heavy (non-hydrogen) atoms. The summed E-state index contributed by atoms with van der Waals surface area (Å²) in [4.78, 5) is 40.1. The number of nitrogens with one attached hydrogen (secondary N) is 1. The number of piperazine rings is 1. The quantitative estimate of drug-likeness (QED) is 0.653. The van der Waals surface area contributed by atoms with Crippen LogP contribution in [0.3, 0.4) is 0 Å². The monoisotopic (exact) mass is 430 g/mol. The lowest BCUT2D eigenvalue weighted by molar-refractivity contribution is -0.132. The number of H-pyrrole nitrogens is 1. The molecule has 0 aliphatic carbocycles. The predicted molar refractivity (Wildman–Crippen MR) is 119 cm³/mol. The number of hydrogen-bond donors (Lipinski definition) is 1. The third-order valence-electron chi connectivity index (χ3n) is 5.64. The summed E-state index contributed by atoms with van der Waals surface area (Å²) in [6, 6.07) is 4.27. The van der Waals surface area contributed by atoms with Gasteiger partial charge in [0.1, 0.15) is 10.7 Å². The maximum absolute atomic E-state index is 12.6. The SMILES string of the molecule is Cc1sc2nc(CCC(=O)N3CCN(CCc4cccs4)CC3)[nH]c(=O)c2c1C. The average Bonchev–Trinajstić information content (AvgIpc) is 3.33. The molecule has 4 rings (SSSR count). The Morgan fingerprint density at radius 3 is 2.72 bits per heavy atom. The normalized spacial score (nSPS) is 15.3. The molecule has 0 atom stereocenters. The summed E-state index contributed by atoms with van der Waals surface area (Å²) in [5, 5.41) is 2.80. The first-order valence-electron chi connectivity index (χ1n) is 10.0. The highest BCUT2D eigenvalue weighted by Crippen LogP contribution is 2.25. The van der Waals surface area contributed by atoms with Crippen LogP contribution in [0.25, 0.3) is 10.2 Å². The van der Waals surface area contributed by atoms with Crippen molar-refractivity contribution in [3.05, 3.63) is 49.0 Å². The molecule has 3 aromatic heterocycles. The molecule has 0 radical (unpaired) electrons. The minimum absolute atomic E-state index is 0.0985. The smallest absolute Gasteiger partial charge is 0.259 e. The molecule has 0 spiro atoms. The van der Waals surface area contributed by atoms with Crippen molar-refractivity contribution in [3.63, 3.8) is 0 Å². The van der Waals surface area contributed by atoms with E-state index in [1.165, 1.54) is 4.88 Å². The highest BCUT2D eigenvalue weighted by molar-refractivity contribution is 7.18. The van der Waals surface area contributed by atoms with Crippen LogP contribution in [-0.4, -0.2) is 58.4 Å². The maximum atomic E-state index is 12.6. The number of amides is 1. The molecule has 1 N–H and O–H groups in total. The number of aromatic nitrogens is 2. The molecule has 1 fully saturated rings. The first-order valence-corrected chi connectivity index (χ1v) is 11.7. The van der Waals surface area contributed by atoms with E-state index in [9.17, 15) is 9.59 Å². The van der Waals surface area contributed by atoms with Gasteiger partial charge in [-0.3, -0.25) is 14.5 Å². The van der Waals surface area contributed by atoms with Gasteiger partial charge < -0.3 is 9.88 Å². The van der Waals surface area contributed by atoms with Crippen molar-refractivity contribution in [2.45, 2.75) is 33.1 Å². The molecule has 0 unspecified atom stereocenters. The van der Waals surface area contributed by atoms with Crippen LogP contribution in [0.4, 0.5) is 0 Å². The largest absolute Gasteiger partial charge is 0.340 e. The summed E-state index contributed by atoms with van der Waals surface area (Å²) >= 11 is 3.35. The number of fused-ring (bicyclic) bond motifs is 1. The van der Waals surface area contributed by atoms with Gasteiger partial charge in [-0.05, 0) is 37.3 Å². The van der Waals surface area contributed by atoms with Crippen LogP contribution in [-0.2, 0) is 17.6 Å². The Balaban J connectivity index is 1.28. The van der Waals surface area contributed by atoms with Gasteiger partial charge in [0.2, 0.25) is 5.91 Å². The van der Waals surface area contributed by atoms with Gasteiger partial charge in [-0.2, -0.15) is 0 Å². The first kappa shape index (κ1) is 20.3. The zero-order chi connectivity index (χ0) is 20.4. The van der Waals surface area contributed by atoms with Gasteiger partial charge in [0, 0.05) is 55.3 Å². The lowest BCUT2D eigenvalue weighted by atomic mass is 10.2. The zero-order valence-electron chi connectivity index (χ0n) is 16.9. The third-order valence-corrected chi connectivity index (χ3v) is 7.68. The third kappa shape index (κ3) is 4.60. The number of carbonyl (C=O) groups is 1. The molecule has 1 amide bonds. The molecule has 154 valence electrons. The number of hydrogen-bond acceptors (Lipinski definition) is 6. The second-order valence-corrected chi connectivity index (χ2v) is 9.76. The zero-order valence-corrected chi connectivity index (χ0v) is 18.5. The highest BCUT2D eigenvalue weighted by atomic mass is 32.1. The van der Waals surface area contributed by atoms with Crippen molar-refractivity contribution < 1.29 is 4.79 Å². The first-order chi connectivity index (χ1) is 14.0. The van der Waals surface area contributed by atoms with Gasteiger partial charge in [0.15, 0.2) is 0 Å². The fraction of sp³-hybridized carbons (Fsp3) is 0.476. The van der Waals surface area contributed by atoms with Crippen LogP contribution < -0.4 is 5.56 Å². The number of aromatic amines is 1. The number of aryl methyl sites for hydroxylation is 3. The molecule has 0 bridgehead atoms. The van der Waals surface area contributed by atoms with Crippen molar-refractivity contribution >= 4 is 38.8 Å². The van der Waals surface area contributed by atoms with Crippen LogP contribution in [0.1, 0.15) is 27.6 Å². The maximum Gasteiger partial charge on any atom is 0.259 e. The predicted octanol–water partition coefficient (Wildman–Crippen LogP) is 2.98. The summed E-state index contributed by atoms with van der Waals surface area (Å²) in [5.74, 6) is 0.746. The molecule has 1 aliphatic heterocycles. The fourth-order valence-corrected chi connectivity index (χ4v) is 5.49. The molecule has 1 saturated heterocycles. The molecule has 3 aromatic rings. The molecule has 4 heterocycles. The summed E-state index contributed by atoms with van der Waals surface area (Å²) in [7, 11) is 0. The van der Waals surface area contributed by atoms with Crippen molar-refractivity contribution in [1.29, 1.82) is 0 Å². The second kappa shape index (κ2) is 8.77. The summed E-state index contributed by atoms with van der Waals surface area (Å²) in [5.41, 5.74) is 0.900. The summed E-state index contributed by atoms with van der Waals surface area (Å²) in [6.07, 6.45) is 1.93. The molecule has 8 heteroatoms. The van der Waals surface area contributed by atoms with E-state index in [-0.39, 0.29) is 11.5 Å². The van der Waals surface area contributed by atoms with Crippen molar-refractivity contribution in [2.24, 2.45) is 0 Å². The van der Waals surface area contributed by atoms with E-state index < -0.39 is 0 Å². The Morgan fingerprint density at radius 2 is 2.00 bits per heavy atom. The van der Waals surface area contributed by atoms with E-state index in [1.807, 2.05) is 18.7 Å². The average molecular weight is 431 g/mol. The van der Waals surface area contributed by atoms with Gasteiger partial charge >= 0.3 is 0 Å². The minimum atomic E-state index is -0.0985. The fourth-order valence-electron chi connectivity index (χ4n) is 3.75. The Hall–Kier alpha value is -2.03. The molecular formula is C21H26N4O2S2. The van der Waals surface area contributed by atoms with Gasteiger partial charge in [0.05, 0.1) is 5.39 Å². The summed E-state index contributed by atoms with van der Waals surface area (Å²) < 4.78 is 0. The lowest BCUT2D eigenvalue weighted by Gasteiger charge is -2.34. The molecule has 0 aromatic carbocycles. The van der Waals surface area contributed by atoms with Gasteiger partial charge in [-0.15, -0.1) is 22.7 Å². The molecule has 1 aliphatic rings. The van der Waals surface area contributed by atoms with Crippen LogP contribution in [0.5, 0.6) is 0 Å². The standard InChI is InChI=1S/C21H26N4O2S2/c1-14-15(2)29-21-19(14)20(27)22-17(23-21)5-6-18(26)25-11-9-24(10-12-25)8-7-16-4-3-13-28-16/h3-4,13H,5-12H2,1-2H3,(H,22,23,27). The van der Waals surface area contributed by atoms with E-state index >= 15 is 0 Å². The van der Waals surface area contributed by atoms with Crippen LogP contribution in [0.15, 0.2) is 22.3 Å². The van der Waals surface area contributed by atoms with Gasteiger partial charge in [-0.25, -0.2) is 4.98 Å². The van der Waals surface area contributed by atoms with Crippen LogP contribution in [0, 0.1) is 13.8 Å². The second-order valence-electron chi connectivity index (χ2n) is 7.53.